The Morgan fingerprint density at radius 2 is 1.64 bits per heavy atom. The van der Waals surface area contributed by atoms with Gasteiger partial charge in [-0.25, -0.2) is 0 Å². The lowest BCUT2D eigenvalue weighted by molar-refractivity contribution is 0.0628. The lowest BCUT2D eigenvalue weighted by Gasteiger charge is -2.35. The molecule has 4 rings (SSSR count). The molecule has 28 heavy (non-hydrogen) atoms. The fourth-order valence-corrected chi connectivity index (χ4v) is 4.00. The lowest BCUT2D eigenvalue weighted by atomic mass is 10.1. The molecule has 0 aromatic heterocycles. The van der Waals surface area contributed by atoms with E-state index < -0.39 is 0 Å². The number of benzene rings is 2. The maximum absolute atomic E-state index is 12.9. The first-order valence-electron chi connectivity index (χ1n) is 10.2. The van der Waals surface area contributed by atoms with Crippen LogP contribution in [0.1, 0.15) is 21.5 Å². The maximum atomic E-state index is 12.9. The van der Waals surface area contributed by atoms with E-state index in [-0.39, 0.29) is 5.91 Å². The minimum atomic E-state index is 0.142. The van der Waals surface area contributed by atoms with Crippen LogP contribution in [-0.2, 0) is 11.3 Å². The number of anilines is 1. The summed E-state index contributed by atoms with van der Waals surface area (Å²) >= 11 is 0. The second-order valence-corrected chi connectivity index (χ2v) is 7.70. The number of aryl methyl sites for hydroxylation is 1. The van der Waals surface area contributed by atoms with E-state index in [4.69, 9.17) is 4.74 Å². The van der Waals surface area contributed by atoms with Crippen molar-refractivity contribution in [3.63, 3.8) is 0 Å². The van der Waals surface area contributed by atoms with Gasteiger partial charge in [-0.3, -0.25) is 9.69 Å². The van der Waals surface area contributed by atoms with Gasteiger partial charge in [0.25, 0.3) is 5.91 Å². The van der Waals surface area contributed by atoms with Crippen molar-refractivity contribution < 1.29 is 9.53 Å². The molecule has 0 spiro atoms. The van der Waals surface area contributed by atoms with E-state index in [0.29, 0.717) is 0 Å². The third-order valence-electron chi connectivity index (χ3n) is 5.64. The molecular weight excluding hydrogens is 350 g/mol. The molecule has 0 radical (unpaired) electrons. The molecule has 0 N–H and O–H groups in total. The summed E-state index contributed by atoms with van der Waals surface area (Å²) in [5.41, 5.74) is 4.59. The lowest BCUT2D eigenvalue weighted by Crippen LogP contribution is -2.48. The second-order valence-electron chi connectivity index (χ2n) is 7.70. The molecule has 2 aliphatic rings. The first-order chi connectivity index (χ1) is 13.7. The van der Waals surface area contributed by atoms with Crippen molar-refractivity contribution in [3.8, 4) is 0 Å². The molecule has 5 heteroatoms. The van der Waals surface area contributed by atoms with Gasteiger partial charge < -0.3 is 14.5 Å². The largest absolute Gasteiger partial charge is 0.378 e. The monoisotopic (exact) mass is 379 g/mol. The maximum Gasteiger partial charge on any atom is 0.253 e. The number of hydrogen-bond donors (Lipinski definition) is 0. The fraction of sp³-hybridized carbons (Fsp3) is 0.435. The predicted molar refractivity (Wildman–Crippen MR) is 112 cm³/mol. The highest BCUT2D eigenvalue weighted by Crippen LogP contribution is 2.18. The van der Waals surface area contributed by atoms with Gasteiger partial charge in [0.1, 0.15) is 0 Å². The number of morpholine rings is 1. The van der Waals surface area contributed by atoms with E-state index in [9.17, 15) is 4.79 Å². The van der Waals surface area contributed by atoms with Gasteiger partial charge in [0.2, 0.25) is 0 Å². The summed E-state index contributed by atoms with van der Waals surface area (Å²) in [6, 6.07) is 16.7. The van der Waals surface area contributed by atoms with Crippen molar-refractivity contribution in [2.75, 3.05) is 57.4 Å². The molecule has 0 atom stereocenters. The highest BCUT2D eigenvalue weighted by molar-refractivity contribution is 5.94. The summed E-state index contributed by atoms with van der Waals surface area (Å²) in [6.07, 6.45) is 0. The molecular formula is C23H29N3O2. The molecule has 2 saturated heterocycles. The number of nitrogens with zero attached hydrogens (tertiary/aromatic N) is 3. The van der Waals surface area contributed by atoms with Gasteiger partial charge in [-0.15, -0.1) is 0 Å². The number of rotatable bonds is 4. The average Bonchev–Trinajstić information content (AvgIpc) is 2.75. The van der Waals surface area contributed by atoms with Crippen LogP contribution in [0.5, 0.6) is 0 Å². The third-order valence-corrected chi connectivity index (χ3v) is 5.64. The summed E-state index contributed by atoms with van der Waals surface area (Å²) in [4.78, 5) is 19.6. The quantitative estimate of drug-likeness (QED) is 0.819. The van der Waals surface area contributed by atoms with Gasteiger partial charge in [-0.2, -0.15) is 0 Å². The summed E-state index contributed by atoms with van der Waals surface area (Å²) in [5, 5.41) is 0. The number of amides is 1. The summed E-state index contributed by atoms with van der Waals surface area (Å²) in [5.74, 6) is 0.142. The average molecular weight is 380 g/mol. The van der Waals surface area contributed by atoms with E-state index in [2.05, 4.69) is 53.1 Å². The van der Waals surface area contributed by atoms with Crippen LogP contribution < -0.4 is 4.90 Å². The molecule has 0 aliphatic carbocycles. The van der Waals surface area contributed by atoms with Crippen LogP contribution in [0.15, 0.2) is 48.5 Å². The van der Waals surface area contributed by atoms with Crippen LogP contribution in [0.3, 0.4) is 0 Å². The van der Waals surface area contributed by atoms with Crippen molar-refractivity contribution >= 4 is 11.6 Å². The zero-order chi connectivity index (χ0) is 19.3. The van der Waals surface area contributed by atoms with Crippen molar-refractivity contribution in [1.29, 1.82) is 0 Å². The smallest absolute Gasteiger partial charge is 0.253 e. The number of piperazine rings is 1. The Balaban J connectivity index is 1.31. The van der Waals surface area contributed by atoms with E-state index in [1.54, 1.807) is 0 Å². The Morgan fingerprint density at radius 3 is 2.32 bits per heavy atom. The fourth-order valence-electron chi connectivity index (χ4n) is 4.00. The molecule has 0 saturated carbocycles. The standard InChI is InChI=1S/C23H29N3O2/c1-19-3-2-4-20(17-19)18-24-9-11-26(12-10-24)23(27)21-5-7-22(8-6-21)25-13-15-28-16-14-25/h2-8,17H,9-16,18H2,1H3. The van der Waals surface area contributed by atoms with E-state index in [1.165, 1.54) is 16.8 Å². The predicted octanol–water partition coefficient (Wildman–Crippen LogP) is 2.79. The first kappa shape index (κ1) is 19.0. The highest BCUT2D eigenvalue weighted by atomic mass is 16.5. The SMILES string of the molecule is Cc1cccc(CN2CCN(C(=O)c3ccc(N4CCOCC4)cc3)CC2)c1. The molecule has 1 amide bonds. The Morgan fingerprint density at radius 1 is 0.929 bits per heavy atom. The van der Waals surface area contributed by atoms with Gasteiger partial charge in [-0.1, -0.05) is 29.8 Å². The number of carbonyl (C=O) groups excluding carboxylic acids is 1. The molecule has 2 aromatic carbocycles. The number of hydrogen-bond acceptors (Lipinski definition) is 4. The topological polar surface area (TPSA) is 36.0 Å². The van der Waals surface area contributed by atoms with Crippen LogP contribution >= 0.6 is 0 Å². The van der Waals surface area contributed by atoms with Gasteiger partial charge >= 0.3 is 0 Å². The van der Waals surface area contributed by atoms with Gasteiger partial charge in [-0.05, 0) is 36.8 Å². The van der Waals surface area contributed by atoms with Crippen LogP contribution in [0.4, 0.5) is 5.69 Å². The molecule has 2 fully saturated rings. The molecule has 0 unspecified atom stereocenters. The Kier molecular flexibility index (Phi) is 5.93. The Hall–Kier alpha value is -2.37. The number of ether oxygens (including phenoxy) is 1. The van der Waals surface area contributed by atoms with E-state index in [0.717, 1.165) is 64.6 Å². The normalized spacial score (nSPS) is 18.3. The highest BCUT2D eigenvalue weighted by Gasteiger charge is 2.22. The first-order valence-corrected chi connectivity index (χ1v) is 10.2. The second kappa shape index (κ2) is 8.76. The molecule has 148 valence electrons. The van der Waals surface area contributed by atoms with Crippen LogP contribution in [-0.4, -0.2) is 68.2 Å². The van der Waals surface area contributed by atoms with Crippen LogP contribution in [0.2, 0.25) is 0 Å². The summed E-state index contributed by atoms with van der Waals surface area (Å²) in [7, 11) is 0. The minimum Gasteiger partial charge on any atom is -0.378 e. The van der Waals surface area contributed by atoms with Gasteiger partial charge in [0.05, 0.1) is 13.2 Å². The third kappa shape index (κ3) is 4.54. The zero-order valence-corrected chi connectivity index (χ0v) is 16.6. The van der Waals surface area contributed by atoms with Crippen molar-refractivity contribution in [2.45, 2.75) is 13.5 Å². The van der Waals surface area contributed by atoms with Gasteiger partial charge in [0.15, 0.2) is 0 Å². The van der Waals surface area contributed by atoms with E-state index >= 15 is 0 Å². The van der Waals surface area contributed by atoms with Crippen LogP contribution in [0, 0.1) is 6.92 Å². The van der Waals surface area contributed by atoms with Crippen molar-refractivity contribution in [2.24, 2.45) is 0 Å². The molecule has 2 heterocycles. The van der Waals surface area contributed by atoms with Crippen molar-refractivity contribution in [1.82, 2.24) is 9.80 Å². The van der Waals surface area contributed by atoms with Crippen molar-refractivity contribution in [3.05, 3.63) is 65.2 Å². The molecule has 2 aliphatic heterocycles. The van der Waals surface area contributed by atoms with E-state index in [1.807, 2.05) is 17.0 Å². The number of carbonyl (C=O) groups is 1. The van der Waals surface area contributed by atoms with Gasteiger partial charge in [0, 0.05) is 57.1 Å². The molecule has 5 nitrogen and oxygen atoms in total. The van der Waals surface area contributed by atoms with Crippen LogP contribution in [0.25, 0.3) is 0 Å². The Labute approximate surface area is 167 Å². The zero-order valence-electron chi connectivity index (χ0n) is 16.6. The Bertz CT molecular complexity index is 792. The summed E-state index contributed by atoms with van der Waals surface area (Å²) in [6.45, 7) is 9.87. The minimum absolute atomic E-state index is 0.142. The molecule has 0 bridgehead atoms. The molecule has 2 aromatic rings. The summed E-state index contributed by atoms with van der Waals surface area (Å²) < 4.78 is 5.41.